The summed E-state index contributed by atoms with van der Waals surface area (Å²) in [6.45, 7) is 6.40. The van der Waals surface area contributed by atoms with Gasteiger partial charge in [0.25, 0.3) is 10.1 Å². The fourth-order valence-electron chi connectivity index (χ4n) is 1.10. The molecule has 0 saturated carbocycles. The average Bonchev–Trinajstić information content (AvgIpc) is 2.30. The monoisotopic (exact) mass is 316 g/mol. The van der Waals surface area contributed by atoms with E-state index < -0.39 is 16.1 Å². The van der Waals surface area contributed by atoms with Gasteiger partial charge < -0.3 is 5.11 Å². The van der Waals surface area contributed by atoms with Gasteiger partial charge in [-0.2, -0.15) is 8.42 Å². The summed E-state index contributed by atoms with van der Waals surface area (Å²) in [6, 6.07) is 0. The Kier molecular flexibility index (Phi) is 12.5. The van der Waals surface area contributed by atoms with Crippen LogP contribution in [0.5, 0.6) is 0 Å². The molecule has 2 N–H and O–H groups in total. The van der Waals surface area contributed by atoms with Crippen LogP contribution in [0.25, 0.3) is 0 Å². The molecule has 0 rings (SSSR count). The van der Waals surface area contributed by atoms with Gasteiger partial charge in [-0.15, -0.1) is 0 Å². The number of carboxylic acids is 1. The molecule has 0 amide bonds. The number of aliphatic carboxylic acids is 1. The summed E-state index contributed by atoms with van der Waals surface area (Å²) in [5.41, 5.74) is 1.22. The van der Waals surface area contributed by atoms with Crippen molar-refractivity contribution in [3.8, 4) is 0 Å². The van der Waals surface area contributed by atoms with E-state index in [1.54, 1.807) is 6.08 Å². The summed E-state index contributed by atoms with van der Waals surface area (Å²) >= 11 is 0. The predicted molar refractivity (Wildman–Crippen MR) is 85.7 cm³/mol. The topological polar surface area (TPSA) is 91.7 Å². The Balaban J connectivity index is 0. The van der Waals surface area contributed by atoms with Gasteiger partial charge in [0.05, 0.1) is 6.26 Å². The third kappa shape index (κ3) is 27.5. The second kappa shape index (κ2) is 12.1. The van der Waals surface area contributed by atoms with E-state index in [1.807, 2.05) is 18.2 Å². The minimum Gasteiger partial charge on any atom is -0.478 e. The highest BCUT2D eigenvalue weighted by molar-refractivity contribution is 7.85. The van der Waals surface area contributed by atoms with Gasteiger partial charge in [-0.05, 0) is 12.8 Å². The average molecular weight is 316 g/mol. The second-order valence-corrected chi connectivity index (χ2v) is 5.94. The molecule has 21 heavy (non-hydrogen) atoms. The fraction of sp³-hybridized carbons (Fsp3) is 0.400. The van der Waals surface area contributed by atoms with E-state index in [2.05, 4.69) is 26.8 Å². The van der Waals surface area contributed by atoms with Crippen molar-refractivity contribution < 1.29 is 22.9 Å². The molecular formula is C15H24O5S. The Morgan fingerprint density at radius 2 is 1.57 bits per heavy atom. The summed E-state index contributed by atoms with van der Waals surface area (Å²) in [5.74, 6) is -0.331. The van der Waals surface area contributed by atoms with Crippen LogP contribution in [0.15, 0.2) is 48.1 Å². The van der Waals surface area contributed by atoms with Crippen LogP contribution in [0.1, 0.15) is 27.2 Å². The zero-order valence-corrected chi connectivity index (χ0v) is 13.7. The highest BCUT2D eigenvalue weighted by Crippen LogP contribution is 2.07. The van der Waals surface area contributed by atoms with Crippen LogP contribution in [0, 0.1) is 5.92 Å². The normalized spacial score (nSPS) is 14.4. The van der Waals surface area contributed by atoms with E-state index in [4.69, 9.17) is 9.66 Å². The first-order chi connectivity index (χ1) is 9.56. The van der Waals surface area contributed by atoms with E-state index in [0.717, 1.165) is 12.5 Å². The summed E-state index contributed by atoms with van der Waals surface area (Å²) < 4.78 is 25.9. The highest BCUT2D eigenvalue weighted by Gasteiger charge is 1.91. The van der Waals surface area contributed by atoms with Crippen molar-refractivity contribution >= 4 is 16.1 Å². The third-order valence-corrected chi connectivity index (χ3v) is 2.12. The summed E-state index contributed by atoms with van der Waals surface area (Å²) in [4.78, 5) is 10.1. The first-order valence-corrected chi connectivity index (χ1v) is 8.26. The maximum absolute atomic E-state index is 10.1. The number of carboxylic acid groups (broad SMARTS) is 1. The fourth-order valence-corrected chi connectivity index (χ4v) is 1.10. The lowest BCUT2D eigenvalue weighted by Crippen LogP contribution is -1.88. The van der Waals surface area contributed by atoms with E-state index in [-0.39, 0.29) is 0 Å². The molecule has 0 aromatic carbocycles. The maximum atomic E-state index is 10.1. The second-order valence-electron chi connectivity index (χ2n) is 4.47. The Morgan fingerprint density at radius 3 is 1.95 bits per heavy atom. The number of allylic oxidation sites excluding steroid dienone is 7. The van der Waals surface area contributed by atoms with Crippen LogP contribution in [0.2, 0.25) is 0 Å². The third-order valence-electron chi connectivity index (χ3n) is 2.12. The summed E-state index contributed by atoms with van der Waals surface area (Å²) in [7, 11) is -3.67. The zero-order valence-electron chi connectivity index (χ0n) is 12.9. The van der Waals surface area contributed by atoms with E-state index in [9.17, 15) is 13.2 Å². The number of hydrogen-bond acceptors (Lipinski definition) is 3. The molecule has 120 valence electrons. The first-order valence-electron chi connectivity index (χ1n) is 6.41. The van der Waals surface area contributed by atoms with Gasteiger partial charge in [0, 0.05) is 6.08 Å². The predicted octanol–water partition coefficient (Wildman–Crippen LogP) is 3.24. The number of rotatable bonds is 6. The molecule has 1 unspecified atom stereocenters. The van der Waals surface area contributed by atoms with Crippen LogP contribution in [-0.2, 0) is 14.9 Å². The van der Waals surface area contributed by atoms with Crippen molar-refractivity contribution in [3.05, 3.63) is 48.1 Å². The standard InChI is InChI=1S/C14H20O2.CH4O3S/c1-4-12(2)11-13(3)9-7-5-6-8-10-14(15)16;1-5(2,3)4/h5-12H,4H2,1-3H3,(H,15,16);1H3,(H,2,3,4)/b6-5+,9-7+,10-8+,13-11+;. The van der Waals surface area contributed by atoms with Crippen molar-refractivity contribution in [2.75, 3.05) is 6.26 Å². The van der Waals surface area contributed by atoms with Gasteiger partial charge in [0.15, 0.2) is 0 Å². The molecule has 5 nitrogen and oxygen atoms in total. The Hall–Kier alpha value is -1.66. The van der Waals surface area contributed by atoms with Gasteiger partial charge in [0.2, 0.25) is 0 Å². The SMILES string of the molecule is CCC(C)/C=C(C)/C=C/C=C/C=C/C(=O)O.CS(=O)(=O)O. The van der Waals surface area contributed by atoms with Gasteiger partial charge in [-0.1, -0.05) is 62.3 Å². The lowest BCUT2D eigenvalue weighted by atomic mass is 10.1. The smallest absolute Gasteiger partial charge is 0.328 e. The molecule has 0 radical (unpaired) electrons. The van der Waals surface area contributed by atoms with Gasteiger partial charge in [-0.3, -0.25) is 4.55 Å². The van der Waals surface area contributed by atoms with Crippen molar-refractivity contribution in [3.63, 3.8) is 0 Å². The van der Waals surface area contributed by atoms with E-state index in [1.165, 1.54) is 11.6 Å². The molecule has 0 saturated heterocycles. The summed E-state index contributed by atoms with van der Waals surface area (Å²) in [5, 5.41) is 8.34. The number of carbonyl (C=O) groups is 1. The molecular weight excluding hydrogens is 292 g/mol. The minimum atomic E-state index is -3.67. The van der Waals surface area contributed by atoms with Crippen molar-refractivity contribution in [2.45, 2.75) is 27.2 Å². The van der Waals surface area contributed by atoms with Crippen LogP contribution >= 0.6 is 0 Å². The van der Waals surface area contributed by atoms with Crippen LogP contribution in [0.4, 0.5) is 0 Å². The first kappa shape index (κ1) is 21.6. The quantitative estimate of drug-likeness (QED) is 0.446. The van der Waals surface area contributed by atoms with Crippen LogP contribution in [-0.4, -0.2) is 30.3 Å². The molecule has 1 atom stereocenters. The van der Waals surface area contributed by atoms with Crippen molar-refractivity contribution in [1.82, 2.24) is 0 Å². The Bertz CT molecular complexity index is 502. The van der Waals surface area contributed by atoms with Crippen LogP contribution in [0.3, 0.4) is 0 Å². The van der Waals surface area contributed by atoms with E-state index >= 15 is 0 Å². The largest absolute Gasteiger partial charge is 0.478 e. The molecule has 0 heterocycles. The van der Waals surface area contributed by atoms with Gasteiger partial charge in [0.1, 0.15) is 0 Å². The minimum absolute atomic E-state index is 0.598. The van der Waals surface area contributed by atoms with Crippen molar-refractivity contribution in [1.29, 1.82) is 0 Å². The zero-order chi connectivity index (χ0) is 16.9. The summed E-state index contributed by atoms with van der Waals surface area (Å²) in [6.07, 6.45) is 14.1. The molecule has 0 aliphatic rings. The molecule has 0 aromatic heterocycles. The van der Waals surface area contributed by atoms with Crippen molar-refractivity contribution in [2.24, 2.45) is 5.92 Å². The molecule has 0 bridgehead atoms. The number of hydrogen-bond donors (Lipinski definition) is 2. The van der Waals surface area contributed by atoms with Gasteiger partial charge in [-0.25, -0.2) is 4.79 Å². The lowest BCUT2D eigenvalue weighted by molar-refractivity contribution is -0.131. The van der Waals surface area contributed by atoms with E-state index in [0.29, 0.717) is 12.2 Å². The molecule has 0 fully saturated rings. The lowest BCUT2D eigenvalue weighted by Gasteiger charge is -2.00. The molecule has 0 spiro atoms. The maximum Gasteiger partial charge on any atom is 0.328 e. The molecule has 0 aliphatic heterocycles. The highest BCUT2D eigenvalue weighted by atomic mass is 32.2. The Morgan fingerprint density at radius 1 is 1.14 bits per heavy atom. The van der Waals surface area contributed by atoms with Crippen LogP contribution < -0.4 is 0 Å². The molecule has 0 aliphatic carbocycles. The van der Waals surface area contributed by atoms with Gasteiger partial charge >= 0.3 is 5.97 Å². The Labute approximate surface area is 127 Å². The molecule has 6 heteroatoms. The molecule has 0 aromatic rings.